The van der Waals surface area contributed by atoms with Crippen molar-refractivity contribution >= 4 is 17.5 Å². The summed E-state index contributed by atoms with van der Waals surface area (Å²) in [5.41, 5.74) is 3.65. The predicted molar refractivity (Wildman–Crippen MR) is 78.4 cm³/mol. The molecule has 1 aromatic heterocycles. The van der Waals surface area contributed by atoms with Crippen molar-refractivity contribution in [1.29, 1.82) is 0 Å². The molecule has 110 valence electrons. The molecule has 0 radical (unpaired) electrons. The van der Waals surface area contributed by atoms with Crippen LogP contribution in [0.15, 0.2) is 6.33 Å². The minimum absolute atomic E-state index is 0.00735. The number of nitrogens with zero attached hydrogens (tertiary/aromatic N) is 3. The number of carbonyl (C=O) groups excluding carboxylic acids is 1. The van der Waals surface area contributed by atoms with Gasteiger partial charge in [0.25, 0.3) is 0 Å². The molecular weight excluding hydrogens is 256 g/mol. The van der Waals surface area contributed by atoms with Gasteiger partial charge in [-0.05, 0) is 12.3 Å². The fourth-order valence-electron chi connectivity index (χ4n) is 2.64. The molecule has 2 heterocycles. The third kappa shape index (κ3) is 2.98. The lowest BCUT2D eigenvalue weighted by atomic mass is 10.0. The van der Waals surface area contributed by atoms with E-state index in [4.69, 9.17) is 5.84 Å². The van der Waals surface area contributed by atoms with Crippen molar-refractivity contribution in [2.24, 2.45) is 5.84 Å². The molecule has 0 bridgehead atoms. The smallest absolute Gasteiger partial charge is 0.217 e. The molecule has 0 spiro atoms. The second-order valence-electron chi connectivity index (χ2n) is 5.39. The summed E-state index contributed by atoms with van der Waals surface area (Å²) in [5.74, 6) is 7.36. The van der Waals surface area contributed by atoms with E-state index in [1.54, 1.807) is 6.92 Å². The first kappa shape index (κ1) is 14.5. The SMILES string of the molecule is CC(=O)NC1CCN(c2ncnc(NN)c2C(C)C)C1. The zero-order chi connectivity index (χ0) is 14.7. The summed E-state index contributed by atoms with van der Waals surface area (Å²) in [7, 11) is 0. The third-order valence-electron chi connectivity index (χ3n) is 3.47. The number of amides is 1. The molecule has 1 aromatic rings. The van der Waals surface area contributed by atoms with E-state index in [1.165, 1.54) is 6.33 Å². The van der Waals surface area contributed by atoms with E-state index >= 15 is 0 Å². The van der Waals surface area contributed by atoms with Gasteiger partial charge in [-0.2, -0.15) is 0 Å². The number of anilines is 2. The van der Waals surface area contributed by atoms with E-state index in [2.05, 4.69) is 39.5 Å². The minimum atomic E-state index is 0.00735. The highest BCUT2D eigenvalue weighted by Gasteiger charge is 2.27. The first-order valence-corrected chi connectivity index (χ1v) is 6.86. The molecule has 4 N–H and O–H groups in total. The zero-order valence-corrected chi connectivity index (χ0v) is 12.2. The minimum Gasteiger partial charge on any atom is -0.354 e. The van der Waals surface area contributed by atoms with Crippen LogP contribution in [0.1, 0.15) is 38.7 Å². The Morgan fingerprint density at radius 2 is 2.25 bits per heavy atom. The van der Waals surface area contributed by atoms with Crippen molar-refractivity contribution < 1.29 is 4.79 Å². The van der Waals surface area contributed by atoms with E-state index in [-0.39, 0.29) is 17.9 Å². The van der Waals surface area contributed by atoms with Crippen LogP contribution in [-0.4, -0.2) is 35.0 Å². The number of nitrogens with one attached hydrogen (secondary N) is 2. The van der Waals surface area contributed by atoms with Crippen molar-refractivity contribution in [3.05, 3.63) is 11.9 Å². The van der Waals surface area contributed by atoms with Crippen molar-refractivity contribution in [1.82, 2.24) is 15.3 Å². The number of hydrogen-bond donors (Lipinski definition) is 3. The maximum atomic E-state index is 11.1. The molecule has 1 atom stereocenters. The lowest BCUT2D eigenvalue weighted by Crippen LogP contribution is -2.36. The average molecular weight is 278 g/mol. The first-order chi connectivity index (χ1) is 9.52. The number of rotatable bonds is 4. The monoisotopic (exact) mass is 278 g/mol. The zero-order valence-electron chi connectivity index (χ0n) is 12.2. The molecule has 1 fully saturated rings. The Hall–Kier alpha value is -1.89. The van der Waals surface area contributed by atoms with Crippen LogP contribution in [0.5, 0.6) is 0 Å². The van der Waals surface area contributed by atoms with Gasteiger partial charge in [0.2, 0.25) is 5.91 Å². The number of nitrogen functional groups attached to an aromatic ring is 1. The highest BCUT2D eigenvalue weighted by atomic mass is 16.1. The van der Waals surface area contributed by atoms with Crippen molar-refractivity contribution in [3.63, 3.8) is 0 Å². The summed E-state index contributed by atoms with van der Waals surface area (Å²) in [4.78, 5) is 21.9. The van der Waals surface area contributed by atoms with Crippen LogP contribution < -0.4 is 21.5 Å². The lowest BCUT2D eigenvalue weighted by molar-refractivity contribution is -0.119. The number of hydrogen-bond acceptors (Lipinski definition) is 6. The van der Waals surface area contributed by atoms with Crippen LogP contribution in [0.2, 0.25) is 0 Å². The van der Waals surface area contributed by atoms with Gasteiger partial charge in [0.1, 0.15) is 18.0 Å². The molecule has 7 nitrogen and oxygen atoms in total. The van der Waals surface area contributed by atoms with E-state index in [9.17, 15) is 4.79 Å². The van der Waals surface area contributed by atoms with E-state index in [0.717, 1.165) is 30.9 Å². The fourth-order valence-corrected chi connectivity index (χ4v) is 2.64. The van der Waals surface area contributed by atoms with Crippen LogP contribution in [0.4, 0.5) is 11.6 Å². The Bertz CT molecular complexity index is 490. The quantitative estimate of drug-likeness (QED) is 0.551. The Labute approximate surface area is 118 Å². The number of carbonyl (C=O) groups is 1. The van der Waals surface area contributed by atoms with Crippen molar-refractivity contribution in [2.75, 3.05) is 23.4 Å². The maximum absolute atomic E-state index is 11.1. The van der Waals surface area contributed by atoms with E-state index in [0.29, 0.717) is 5.82 Å². The van der Waals surface area contributed by atoms with Crippen LogP contribution in [0, 0.1) is 0 Å². The van der Waals surface area contributed by atoms with Crippen LogP contribution >= 0.6 is 0 Å². The molecule has 7 heteroatoms. The largest absolute Gasteiger partial charge is 0.354 e. The molecule has 0 aromatic carbocycles. The van der Waals surface area contributed by atoms with Crippen molar-refractivity contribution in [2.45, 2.75) is 39.2 Å². The molecule has 0 aliphatic carbocycles. The molecule has 1 aliphatic heterocycles. The molecule has 20 heavy (non-hydrogen) atoms. The summed E-state index contributed by atoms with van der Waals surface area (Å²) in [6.07, 6.45) is 2.44. The third-order valence-corrected chi connectivity index (χ3v) is 3.47. The Morgan fingerprint density at radius 1 is 1.50 bits per heavy atom. The molecule has 1 saturated heterocycles. The summed E-state index contributed by atoms with van der Waals surface area (Å²) in [6, 6.07) is 0.178. The van der Waals surface area contributed by atoms with Gasteiger partial charge < -0.3 is 15.6 Å². The first-order valence-electron chi connectivity index (χ1n) is 6.86. The maximum Gasteiger partial charge on any atom is 0.217 e. The highest BCUT2D eigenvalue weighted by molar-refractivity contribution is 5.73. The van der Waals surface area contributed by atoms with Crippen LogP contribution in [0.25, 0.3) is 0 Å². The number of hydrazine groups is 1. The van der Waals surface area contributed by atoms with Gasteiger partial charge in [-0.25, -0.2) is 15.8 Å². The Morgan fingerprint density at radius 3 is 2.85 bits per heavy atom. The van der Waals surface area contributed by atoms with Crippen LogP contribution in [-0.2, 0) is 4.79 Å². The van der Waals surface area contributed by atoms with Crippen LogP contribution in [0.3, 0.4) is 0 Å². The topological polar surface area (TPSA) is 96.2 Å². The summed E-state index contributed by atoms with van der Waals surface area (Å²) in [5, 5.41) is 2.95. The molecule has 1 amide bonds. The van der Waals surface area contributed by atoms with Gasteiger partial charge in [-0.3, -0.25) is 4.79 Å². The summed E-state index contributed by atoms with van der Waals surface area (Å²) >= 11 is 0. The molecule has 1 aliphatic rings. The fraction of sp³-hybridized carbons (Fsp3) is 0.615. The number of nitrogens with two attached hydrogens (primary N) is 1. The van der Waals surface area contributed by atoms with Gasteiger partial charge in [0.05, 0.1) is 0 Å². The van der Waals surface area contributed by atoms with Gasteiger partial charge in [-0.15, -0.1) is 0 Å². The number of aromatic nitrogens is 2. The predicted octanol–water partition coefficient (Wildman–Crippen LogP) is 0.600. The summed E-state index contributed by atoms with van der Waals surface area (Å²) < 4.78 is 0. The second-order valence-corrected chi connectivity index (χ2v) is 5.39. The van der Waals surface area contributed by atoms with Gasteiger partial charge in [0.15, 0.2) is 0 Å². The highest BCUT2D eigenvalue weighted by Crippen LogP contribution is 2.32. The molecule has 2 rings (SSSR count). The standard InChI is InChI=1S/C13H22N6O/c1-8(2)11-12(18-14)15-7-16-13(11)19-5-4-10(6-19)17-9(3)20/h7-8,10H,4-6,14H2,1-3H3,(H,17,20)(H,15,16,18). The average Bonchev–Trinajstić information content (AvgIpc) is 2.85. The Balaban J connectivity index is 2.23. The van der Waals surface area contributed by atoms with Gasteiger partial charge >= 0.3 is 0 Å². The van der Waals surface area contributed by atoms with Crippen molar-refractivity contribution in [3.8, 4) is 0 Å². The van der Waals surface area contributed by atoms with E-state index in [1.807, 2.05) is 0 Å². The molecule has 0 saturated carbocycles. The van der Waals surface area contributed by atoms with Gasteiger partial charge in [0, 0.05) is 31.6 Å². The molecular formula is C13H22N6O. The lowest BCUT2D eigenvalue weighted by Gasteiger charge is -2.23. The van der Waals surface area contributed by atoms with E-state index < -0.39 is 0 Å². The Kier molecular flexibility index (Phi) is 4.39. The second kappa shape index (κ2) is 6.04. The van der Waals surface area contributed by atoms with Gasteiger partial charge in [-0.1, -0.05) is 13.8 Å². The molecule has 1 unspecified atom stereocenters. The normalized spacial score (nSPS) is 18.4. The summed E-state index contributed by atoms with van der Waals surface area (Å²) in [6.45, 7) is 7.35.